The molecule has 0 aromatic carbocycles. The van der Waals surface area contributed by atoms with E-state index in [9.17, 15) is 0 Å². The van der Waals surface area contributed by atoms with Gasteiger partial charge in [0.1, 0.15) is 0 Å². The second-order valence-electron chi connectivity index (χ2n) is 4.16. The zero-order chi connectivity index (χ0) is 9.80. The van der Waals surface area contributed by atoms with Gasteiger partial charge < -0.3 is 20.5 Å². The average molecular weight is 200 g/mol. The van der Waals surface area contributed by atoms with Crippen molar-refractivity contribution >= 4 is 0 Å². The van der Waals surface area contributed by atoms with E-state index in [1.165, 1.54) is 0 Å². The third-order valence-electron chi connectivity index (χ3n) is 3.23. The van der Waals surface area contributed by atoms with Crippen LogP contribution >= 0.6 is 0 Å². The normalized spacial score (nSPS) is 32.8. The molecule has 2 unspecified atom stereocenters. The molecule has 2 atom stereocenters. The molecule has 2 aliphatic rings. The van der Waals surface area contributed by atoms with Crippen molar-refractivity contribution in [3.8, 4) is 0 Å². The van der Waals surface area contributed by atoms with Crippen LogP contribution in [0.1, 0.15) is 12.8 Å². The molecule has 4 heteroatoms. The summed E-state index contributed by atoms with van der Waals surface area (Å²) >= 11 is 0. The van der Waals surface area contributed by atoms with Crippen LogP contribution in [0.2, 0.25) is 0 Å². The van der Waals surface area contributed by atoms with Crippen LogP contribution in [0.4, 0.5) is 0 Å². The van der Waals surface area contributed by atoms with Crippen molar-refractivity contribution < 1.29 is 9.47 Å². The molecule has 0 spiro atoms. The second kappa shape index (κ2) is 5.07. The van der Waals surface area contributed by atoms with Gasteiger partial charge in [-0.05, 0) is 18.8 Å². The Morgan fingerprint density at radius 1 is 1.14 bits per heavy atom. The first-order chi connectivity index (χ1) is 6.88. The number of hydrogen-bond acceptors (Lipinski definition) is 4. The summed E-state index contributed by atoms with van der Waals surface area (Å²) in [5, 5.41) is 3.43. The molecule has 82 valence electrons. The van der Waals surface area contributed by atoms with Crippen LogP contribution in [0.15, 0.2) is 0 Å². The molecule has 14 heavy (non-hydrogen) atoms. The number of nitrogens with two attached hydrogens (primary N) is 1. The number of nitrogens with one attached hydrogen (secondary N) is 1. The summed E-state index contributed by atoms with van der Waals surface area (Å²) in [4.78, 5) is 0. The smallest absolute Gasteiger partial charge is 0.0635 e. The van der Waals surface area contributed by atoms with E-state index in [2.05, 4.69) is 5.32 Å². The summed E-state index contributed by atoms with van der Waals surface area (Å²) in [5.74, 6) is 0.600. The summed E-state index contributed by atoms with van der Waals surface area (Å²) in [5.41, 5.74) is 6.23. The molecule has 0 aliphatic carbocycles. The van der Waals surface area contributed by atoms with E-state index in [4.69, 9.17) is 15.2 Å². The Morgan fingerprint density at radius 2 is 1.93 bits per heavy atom. The lowest BCUT2D eigenvalue weighted by molar-refractivity contribution is 0.0277. The topological polar surface area (TPSA) is 56.5 Å². The standard InChI is InChI=1S/C10H20N2O2/c11-10(8-1-4-13-5-2-8)9-7-14-6-3-12-9/h8-10,12H,1-7,11H2. The summed E-state index contributed by atoms with van der Waals surface area (Å²) in [7, 11) is 0. The first-order valence-corrected chi connectivity index (χ1v) is 5.52. The molecule has 0 bridgehead atoms. The Kier molecular flexibility index (Phi) is 3.75. The van der Waals surface area contributed by atoms with Crippen LogP contribution in [0.25, 0.3) is 0 Å². The Bertz CT molecular complexity index is 148. The third-order valence-corrected chi connectivity index (χ3v) is 3.23. The molecular weight excluding hydrogens is 180 g/mol. The van der Waals surface area contributed by atoms with Crippen molar-refractivity contribution in [3.63, 3.8) is 0 Å². The SMILES string of the molecule is NC(C1CCOCC1)C1COCCN1. The maximum atomic E-state index is 6.23. The zero-order valence-corrected chi connectivity index (χ0v) is 8.58. The average Bonchev–Trinajstić information content (AvgIpc) is 2.30. The summed E-state index contributed by atoms with van der Waals surface area (Å²) in [6.07, 6.45) is 2.19. The number of ether oxygens (including phenoxy) is 2. The van der Waals surface area contributed by atoms with Crippen LogP contribution in [-0.2, 0) is 9.47 Å². The van der Waals surface area contributed by atoms with Gasteiger partial charge in [0, 0.05) is 31.8 Å². The molecule has 0 aromatic heterocycles. The highest BCUT2D eigenvalue weighted by atomic mass is 16.5. The van der Waals surface area contributed by atoms with Crippen molar-refractivity contribution in [3.05, 3.63) is 0 Å². The molecule has 2 fully saturated rings. The highest BCUT2D eigenvalue weighted by Crippen LogP contribution is 2.20. The minimum absolute atomic E-state index is 0.221. The van der Waals surface area contributed by atoms with Crippen molar-refractivity contribution in [2.45, 2.75) is 24.9 Å². The minimum atomic E-state index is 0.221. The predicted molar refractivity (Wildman–Crippen MR) is 54.1 cm³/mol. The Balaban J connectivity index is 1.82. The molecule has 2 rings (SSSR count). The molecule has 0 radical (unpaired) electrons. The number of morpholine rings is 1. The summed E-state index contributed by atoms with van der Waals surface area (Å²) in [6, 6.07) is 0.561. The molecule has 2 saturated heterocycles. The van der Waals surface area contributed by atoms with Gasteiger partial charge in [-0.15, -0.1) is 0 Å². The molecule has 0 amide bonds. The molecule has 0 saturated carbocycles. The Labute approximate surface area is 85.1 Å². The lowest BCUT2D eigenvalue weighted by Gasteiger charge is -2.35. The predicted octanol–water partition coefficient (Wildman–Crippen LogP) is -0.271. The lowest BCUT2D eigenvalue weighted by Crippen LogP contribution is -2.55. The third kappa shape index (κ3) is 2.45. The van der Waals surface area contributed by atoms with Gasteiger partial charge in [0.2, 0.25) is 0 Å². The van der Waals surface area contributed by atoms with Crippen LogP contribution < -0.4 is 11.1 Å². The van der Waals surface area contributed by atoms with E-state index in [1.807, 2.05) is 0 Å². The minimum Gasteiger partial charge on any atom is -0.381 e. The largest absolute Gasteiger partial charge is 0.381 e. The molecular formula is C10H20N2O2. The van der Waals surface area contributed by atoms with E-state index in [-0.39, 0.29) is 6.04 Å². The summed E-state index contributed by atoms with van der Waals surface area (Å²) in [6.45, 7) is 4.25. The van der Waals surface area contributed by atoms with E-state index < -0.39 is 0 Å². The summed E-state index contributed by atoms with van der Waals surface area (Å²) < 4.78 is 10.8. The van der Waals surface area contributed by atoms with Crippen molar-refractivity contribution in [1.82, 2.24) is 5.32 Å². The number of hydrogen-bond donors (Lipinski definition) is 2. The number of rotatable bonds is 2. The monoisotopic (exact) mass is 200 g/mol. The molecule has 2 aliphatic heterocycles. The fourth-order valence-corrected chi connectivity index (χ4v) is 2.26. The van der Waals surface area contributed by atoms with E-state index in [0.29, 0.717) is 12.0 Å². The first-order valence-electron chi connectivity index (χ1n) is 5.52. The van der Waals surface area contributed by atoms with Gasteiger partial charge in [-0.3, -0.25) is 0 Å². The van der Waals surface area contributed by atoms with Gasteiger partial charge in [0.15, 0.2) is 0 Å². The fourth-order valence-electron chi connectivity index (χ4n) is 2.26. The van der Waals surface area contributed by atoms with Crippen LogP contribution in [0.5, 0.6) is 0 Å². The lowest BCUT2D eigenvalue weighted by atomic mass is 9.87. The second-order valence-corrected chi connectivity index (χ2v) is 4.16. The van der Waals surface area contributed by atoms with Crippen molar-refractivity contribution in [1.29, 1.82) is 0 Å². The van der Waals surface area contributed by atoms with Crippen molar-refractivity contribution in [2.24, 2.45) is 11.7 Å². The van der Waals surface area contributed by atoms with Crippen molar-refractivity contribution in [2.75, 3.05) is 33.0 Å². The van der Waals surface area contributed by atoms with E-state index in [0.717, 1.165) is 45.8 Å². The quantitative estimate of drug-likeness (QED) is 0.644. The maximum absolute atomic E-state index is 6.23. The highest BCUT2D eigenvalue weighted by Gasteiger charge is 2.28. The maximum Gasteiger partial charge on any atom is 0.0635 e. The Hall–Kier alpha value is -0.160. The zero-order valence-electron chi connectivity index (χ0n) is 8.58. The first kappa shape index (κ1) is 10.4. The molecule has 0 aromatic rings. The van der Waals surface area contributed by atoms with Gasteiger partial charge in [0.25, 0.3) is 0 Å². The van der Waals surface area contributed by atoms with Crippen LogP contribution in [0, 0.1) is 5.92 Å². The van der Waals surface area contributed by atoms with Gasteiger partial charge in [-0.25, -0.2) is 0 Å². The Morgan fingerprint density at radius 3 is 2.57 bits per heavy atom. The molecule has 2 heterocycles. The van der Waals surface area contributed by atoms with Crippen LogP contribution in [0.3, 0.4) is 0 Å². The van der Waals surface area contributed by atoms with Gasteiger partial charge in [-0.2, -0.15) is 0 Å². The van der Waals surface area contributed by atoms with Gasteiger partial charge >= 0.3 is 0 Å². The van der Waals surface area contributed by atoms with E-state index in [1.54, 1.807) is 0 Å². The van der Waals surface area contributed by atoms with Crippen LogP contribution in [-0.4, -0.2) is 45.1 Å². The van der Waals surface area contributed by atoms with Gasteiger partial charge in [-0.1, -0.05) is 0 Å². The highest BCUT2D eigenvalue weighted by molar-refractivity contribution is 4.87. The molecule has 3 N–H and O–H groups in total. The molecule has 4 nitrogen and oxygen atoms in total. The van der Waals surface area contributed by atoms with E-state index >= 15 is 0 Å². The fraction of sp³-hybridized carbons (Fsp3) is 1.00. The van der Waals surface area contributed by atoms with Gasteiger partial charge in [0.05, 0.1) is 13.2 Å².